The Hall–Kier alpha value is -1.76. The van der Waals surface area contributed by atoms with Crippen molar-refractivity contribution in [3.05, 3.63) is 18.0 Å². The molecule has 0 saturated carbocycles. The van der Waals surface area contributed by atoms with Gasteiger partial charge in [0.15, 0.2) is 0 Å². The average Bonchev–Trinajstić information content (AvgIpc) is 2.62. The van der Waals surface area contributed by atoms with Gasteiger partial charge in [-0.3, -0.25) is 4.68 Å². The van der Waals surface area contributed by atoms with Crippen LogP contribution in [-0.2, 0) is 4.79 Å². The summed E-state index contributed by atoms with van der Waals surface area (Å²) in [7, 11) is 0. The second kappa shape index (κ2) is 4.47. The maximum Gasteiger partial charge on any atom is 0.382 e. The molecule has 0 spiro atoms. The number of nitrogens with zero attached hydrogens (tertiary/aromatic N) is 2. The van der Waals surface area contributed by atoms with Crippen LogP contribution in [-0.4, -0.2) is 20.9 Å². The van der Waals surface area contributed by atoms with Crippen LogP contribution in [0.15, 0.2) is 12.3 Å². The van der Waals surface area contributed by atoms with Gasteiger partial charge in [-0.1, -0.05) is 6.92 Å². The van der Waals surface area contributed by atoms with Crippen molar-refractivity contribution in [2.45, 2.75) is 26.3 Å². The Bertz CT molecular complexity index is 384. The molecule has 0 aliphatic rings. The molecule has 0 amide bonds. The summed E-state index contributed by atoms with van der Waals surface area (Å²) in [4.78, 5) is 10.2. The van der Waals surface area contributed by atoms with Crippen molar-refractivity contribution in [3.8, 4) is 11.8 Å². The molecule has 14 heavy (non-hydrogen) atoms. The summed E-state index contributed by atoms with van der Waals surface area (Å²) in [6.45, 7) is 4.11. The van der Waals surface area contributed by atoms with Crippen molar-refractivity contribution >= 4 is 5.97 Å². The van der Waals surface area contributed by atoms with Crippen LogP contribution in [0.5, 0.6) is 0 Å². The van der Waals surface area contributed by atoms with Crippen LogP contribution in [0.3, 0.4) is 0 Å². The Kier molecular flexibility index (Phi) is 3.29. The van der Waals surface area contributed by atoms with Crippen molar-refractivity contribution in [3.63, 3.8) is 0 Å². The van der Waals surface area contributed by atoms with Crippen LogP contribution in [0.1, 0.15) is 32.0 Å². The molecule has 0 fully saturated rings. The summed E-state index contributed by atoms with van der Waals surface area (Å²) < 4.78 is 1.78. The van der Waals surface area contributed by atoms with Gasteiger partial charge in [0.2, 0.25) is 0 Å². The van der Waals surface area contributed by atoms with Gasteiger partial charge in [0.1, 0.15) is 5.69 Å². The van der Waals surface area contributed by atoms with Gasteiger partial charge in [0.25, 0.3) is 0 Å². The fourth-order valence-electron chi connectivity index (χ4n) is 0.955. The molecular weight excluding hydrogens is 180 g/mol. The van der Waals surface area contributed by atoms with Crippen LogP contribution < -0.4 is 0 Å². The number of hydrogen-bond donors (Lipinski definition) is 1. The molecule has 1 rings (SSSR count). The van der Waals surface area contributed by atoms with E-state index in [1.54, 1.807) is 16.9 Å². The van der Waals surface area contributed by atoms with E-state index < -0.39 is 5.97 Å². The molecule has 0 saturated heterocycles. The first kappa shape index (κ1) is 10.3. The van der Waals surface area contributed by atoms with Crippen molar-refractivity contribution in [2.24, 2.45) is 0 Å². The van der Waals surface area contributed by atoms with Gasteiger partial charge in [-0.15, -0.1) is 0 Å². The van der Waals surface area contributed by atoms with Gasteiger partial charge >= 0.3 is 5.97 Å². The fraction of sp³-hybridized carbons (Fsp3) is 0.400. The molecule has 4 heteroatoms. The number of rotatable bonds is 2. The van der Waals surface area contributed by atoms with E-state index in [9.17, 15) is 4.79 Å². The predicted octanol–water partition coefficient (Wildman–Crippen LogP) is 1.29. The van der Waals surface area contributed by atoms with Gasteiger partial charge < -0.3 is 5.11 Å². The van der Waals surface area contributed by atoms with Crippen molar-refractivity contribution in [1.82, 2.24) is 9.78 Å². The van der Waals surface area contributed by atoms with Gasteiger partial charge in [-0.25, -0.2) is 4.79 Å². The number of aromatic nitrogens is 2. The van der Waals surface area contributed by atoms with Crippen LogP contribution >= 0.6 is 0 Å². The van der Waals surface area contributed by atoms with Crippen molar-refractivity contribution in [1.29, 1.82) is 0 Å². The van der Waals surface area contributed by atoms with Crippen LogP contribution in [0, 0.1) is 11.8 Å². The smallest absolute Gasteiger partial charge is 0.382 e. The van der Waals surface area contributed by atoms with Crippen LogP contribution in [0.25, 0.3) is 0 Å². The van der Waals surface area contributed by atoms with E-state index in [4.69, 9.17) is 5.11 Å². The Morgan fingerprint density at radius 2 is 2.50 bits per heavy atom. The maximum atomic E-state index is 10.2. The Balaban J connectivity index is 2.80. The fourth-order valence-corrected chi connectivity index (χ4v) is 0.955. The molecule has 0 radical (unpaired) electrons. The Morgan fingerprint density at radius 1 is 1.79 bits per heavy atom. The lowest BCUT2D eigenvalue weighted by molar-refractivity contribution is -0.130. The van der Waals surface area contributed by atoms with E-state index in [0.717, 1.165) is 6.42 Å². The Morgan fingerprint density at radius 3 is 3.07 bits per heavy atom. The zero-order valence-corrected chi connectivity index (χ0v) is 8.19. The standard InChI is InChI=1S/C10H12N2O2/c1-3-8(2)12-7-6-9(11-12)4-5-10(13)14/h6-8H,3H2,1-2H3,(H,13,14)/t8-/m1/s1. The largest absolute Gasteiger partial charge is 0.472 e. The number of carboxylic acid groups (broad SMARTS) is 1. The molecule has 0 unspecified atom stereocenters. The third kappa shape index (κ3) is 2.63. The summed E-state index contributed by atoms with van der Waals surface area (Å²) in [5.41, 5.74) is 0.493. The summed E-state index contributed by atoms with van der Waals surface area (Å²) in [6, 6.07) is 2.03. The third-order valence-electron chi connectivity index (χ3n) is 1.95. The molecule has 0 aliphatic carbocycles. The third-order valence-corrected chi connectivity index (χ3v) is 1.95. The minimum absolute atomic E-state index is 0.315. The van der Waals surface area contributed by atoms with Crippen molar-refractivity contribution < 1.29 is 9.90 Å². The van der Waals surface area contributed by atoms with E-state index in [-0.39, 0.29) is 0 Å². The zero-order valence-electron chi connectivity index (χ0n) is 8.19. The molecule has 0 aromatic carbocycles. The first-order valence-electron chi connectivity index (χ1n) is 4.43. The quantitative estimate of drug-likeness (QED) is 0.718. The van der Waals surface area contributed by atoms with Gasteiger partial charge in [0.05, 0.1) is 0 Å². The van der Waals surface area contributed by atoms with Gasteiger partial charge in [-0.05, 0) is 25.3 Å². The topological polar surface area (TPSA) is 55.1 Å². The number of hydrogen-bond acceptors (Lipinski definition) is 2. The second-order valence-corrected chi connectivity index (χ2v) is 2.99. The lowest BCUT2D eigenvalue weighted by atomic mass is 10.3. The molecule has 1 atom stereocenters. The number of aliphatic carboxylic acids is 1. The first-order chi connectivity index (χ1) is 6.63. The molecule has 0 aliphatic heterocycles. The van der Waals surface area contributed by atoms with Crippen LogP contribution in [0.4, 0.5) is 0 Å². The highest BCUT2D eigenvalue weighted by Gasteiger charge is 2.02. The Labute approximate surface area is 82.5 Å². The second-order valence-electron chi connectivity index (χ2n) is 2.99. The SMILES string of the molecule is CC[C@@H](C)n1ccc(C#CC(=O)O)n1. The van der Waals surface area contributed by atoms with Gasteiger partial charge in [0, 0.05) is 18.2 Å². The number of carbonyl (C=O) groups is 1. The molecule has 4 nitrogen and oxygen atoms in total. The van der Waals surface area contributed by atoms with Crippen LogP contribution in [0.2, 0.25) is 0 Å². The predicted molar refractivity (Wildman–Crippen MR) is 51.7 cm³/mol. The lowest BCUT2D eigenvalue weighted by Gasteiger charge is -2.07. The number of carboxylic acids is 1. The van der Waals surface area contributed by atoms with E-state index in [1.165, 1.54) is 0 Å². The summed E-state index contributed by atoms with van der Waals surface area (Å²) in [5, 5.41) is 12.5. The summed E-state index contributed by atoms with van der Waals surface area (Å²) in [6.07, 6.45) is 2.79. The molecule has 1 aromatic heterocycles. The highest BCUT2D eigenvalue weighted by Crippen LogP contribution is 2.08. The molecular formula is C10H12N2O2. The maximum absolute atomic E-state index is 10.2. The summed E-state index contributed by atoms with van der Waals surface area (Å²) >= 11 is 0. The monoisotopic (exact) mass is 192 g/mol. The lowest BCUT2D eigenvalue weighted by Crippen LogP contribution is -2.04. The molecule has 1 N–H and O–H groups in total. The van der Waals surface area contributed by atoms with E-state index >= 15 is 0 Å². The molecule has 0 bridgehead atoms. The first-order valence-corrected chi connectivity index (χ1v) is 4.43. The highest BCUT2D eigenvalue weighted by molar-refractivity contribution is 5.87. The van der Waals surface area contributed by atoms with Gasteiger partial charge in [-0.2, -0.15) is 5.10 Å². The molecule has 1 heterocycles. The average molecular weight is 192 g/mol. The molecule has 74 valence electrons. The minimum Gasteiger partial charge on any atom is -0.472 e. The molecule has 1 aromatic rings. The van der Waals surface area contributed by atoms with Crippen molar-refractivity contribution in [2.75, 3.05) is 0 Å². The van der Waals surface area contributed by atoms with E-state index in [1.807, 2.05) is 12.8 Å². The minimum atomic E-state index is -1.14. The van der Waals surface area contributed by atoms with E-state index in [2.05, 4.69) is 17.9 Å². The zero-order chi connectivity index (χ0) is 10.6. The normalized spacial score (nSPS) is 11.6. The highest BCUT2D eigenvalue weighted by atomic mass is 16.4. The summed E-state index contributed by atoms with van der Waals surface area (Å²) in [5.74, 6) is 3.35. The van der Waals surface area contributed by atoms with E-state index in [0.29, 0.717) is 11.7 Å².